The predicted octanol–water partition coefficient (Wildman–Crippen LogP) is 2.67. The van der Waals surface area contributed by atoms with Crippen LogP contribution in [0.1, 0.15) is 32.8 Å². The van der Waals surface area contributed by atoms with Gasteiger partial charge in [0.15, 0.2) is 0 Å². The van der Waals surface area contributed by atoms with Crippen LogP contribution >= 0.6 is 11.8 Å². The molecule has 0 radical (unpaired) electrons. The molecule has 0 aliphatic rings. The number of hydrogen-bond donors (Lipinski definition) is 3. The first kappa shape index (κ1) is 21.0. The Hall–Kier alpha value is -2.02. The number of hydrogen-bond acceptors (Lipinski definition) is 4. The van der Waals surface area contributed by atoms with Gasteiger partial charge in [0.1, 0.15) is 6.04 Å². The largest absolute Gasteiger partial charge is 0.480 e. The van der Waals surface area contributed by atoms with Crippen molar-refractivity contribution in [1.82, 2.24) is 5.32 Å². The first-order chi connectivity index (χ1) is 11.7. The highest BCUT2D eigenvalue weighted by molar-refractivity contribution is 8.01. The Kier molecular flexibility index (Phi) is 8.48. The van der Waals surface area contributed by atoms with E-state index in [2.05, 4.69) is 10.6 Å². The molecular formula is C18H26N2O4S. The number of carbonyl (C=O) groups excluding carboxylic acids is 2. The van der Waals surface area contributed by atoms with Crippen LogP contribution in [0.15, 0.2) is 24.3 Å². The van der Waals surface area contributed by atoms with Gasteiger partial charge in [-0.05, 0) is 38.3 Å². The van der Waals surface area contributed by atoms with Gasteiger partial charge in [0.25, 0.3) is 0 Å². The molecule has 7 heteroatoms. The van der Waals surface area contributed by atoms with Crippen LogP contribution in [0.3, 0.4) is 0 Å². The summed E-state index contributed by atoms with van der Waals surface area (Å²) in [5, 5.41) is 14.0. The number of benzene rings is 1. The summed E-state index contributed by atoms with van der Waals surface area (Å²) in [4.78, 5) is 35.3. The molecule has 0 saturated carbocycles. The average Bonchev–Trinajstić information content (AvgIpc) is 2.53. The van der Waals surface area contributed by atoms with E-state index in [0.717, 1.165) is 5.56 Å². The minimum absolute atomic E-state index is 0.115. The number of thioether (sulfide) groups is 1. The van der Waals surface area contributed by atoms with Crippen molar-refractivity contribution >= 4 is 35.2 Å². The molecule has 0 aliphatic carbocycles. The topological polar surface area (TPSA) is 95.5 Å². The fourth-order valence-electron chi connectivity index (χ4n) is 2.09. The number of anilines is 1. The number of carbonyl (C=O) groups is 3. The molecule has 1 aromatic carbocycles. The standard InChI is InChI=1S/C18H26N2O4S/c1-11(2)9-15(18(23)24)20-17(22)13(4)25-10-16(21)19-14-7-5-12(3)6-8-14/h5-8,11,13,15H,9-10H2,1-4H3,(H,19,21)(H,20,22)(H,23,24)/t13?,15-/m0/s1. The third-order valence-electron chi connectivity index (χ3n) is 3.49. The fourth-order valence-corrected chi connectivity index (χ4v) is 2.79. The molecule has 1 aromatic rings. The lowest BCUT2D eigenvalue weighted by Crippen LogP contribution is -2.44. The molecule has 2 amide bonds. The predicted molar refractivity (Wildman–Crippen MR) is 101 cm³/mol. The van der Waals surface area contributed by atoms with Crippen molar-refractivity contribution in [2.45, 2.75) is 45.4 Å². The van der Waals surface area contributed by atoms with Gasteiger partial charge in [0.05, 0.1) is 11.0 Å². The van der Waals surface area contributed by atoms with E-state index < -0.39 is 17.3 Å². The second kappa shape index (κ2) is 10.1. The summed E-state index contributed by atoms with van der Waals surface area (Å²) in [7, 11) is 0. The highest BCUT2D eigenvalue weighted by Crippen LogP contribution is 2.14. The Morgan fingerprint density at radius 1 is 1.12 bits per heavy atom. The van der Waals surface area contributed by atoms with Crippen LogP contribution < -0.4 is 10.6 Å². The van der Waals surface area contributed by atoms with Gasteiger partial charge in [-0.3, -0.25) is 9.59 Å². The van der Waals surface area contributed by atoms with Crippen LogP contribution in [0, 0.1) is 12.8 Å². The number of aryl methyl sites for hydroxylation is 1. The van der Waals surface area contributed by atoms with Gasteiger partial charge >= 0.3 is 5.97 Å². The van der Waals surface area contributed by atoms with Gasteiger partial charge in [-0.1, -0.05) is 31.5 Å². The van der Waals surface area contributed by atoms with E-state index in [1.165, 1.54) is 11.8 Å². The zero-order chi connectivity index (χ0) is 19.0. The second-order valence-electron chi connectivity index (χ2n) is 6.40. The van der Waals surface area contributed by atoms with Gasteiger partial charge in [-0.2, -0.15) is 0 Å². The number of aliphatic carboxylic acids is 1. The van der Waals surface area contributed by atoms with Crippen LogP contribution in [0.5, 0.6) is 0 Å². The molecule has 1 unspecified atom stereocenters. The molecule has 25 heavy (non-hydrogen) atoms. The van der Waals surface area contributed by atoms with Crippen LogP contribution in [0.4, 0.5) is 5.69 Å². The Bertz CT molecular complexity index is 602. The molecule has 0 saturated heterocycles. The number of carboxylic acid groups (broad SMARTS) is 1. The van der Waals surface area contributed by atoms with Crippen molar-refractivity contribution in [3.05, 3.63) is 29.8 Å². The molecule has 138 valence electrons. The summed E-state index contributed by atoms with van der Waals surface area (Å²) in [5.41, 5.74) is 1.81. The Labute approximate surface area is 152 Å². The molecule has 0 bridgehead atoms. The maximum absolute atomic E-state index is 12.1. The van der Waals surface area contributed by atoms with E-state index >= 15 is 0 Å². The molecule has 0 aliphatic heterocycles. The van der Waals surface area contributed by atoms with Crippen molar-refractivity contribution in [2.24, 2.45) is 5.92 Å². The third-order valence-corrected chi connectivity index (χ3v) is 4.63. The van der Waals surface area contributed by atoms with Crippen LogP contribution in [0.2, 0.25) is 0 Å². The van der Waals surface area contributed by atoms with Gasteiger partial charge in [-0.15, -0.1) is 11.8 Å². The first-order valence-electron chi connectivity index (χ1n) is 8.20. The van der Waals surface area contributed by atoms with Crippen molar-refractivity contribution in [3.63, 3.8) is 0 Å². The van der Waals surface area contributed by atoms with Crippen LogP contribution in [-0.4, -0.2) is 39.9 Å². The Morgan fingerprint density at radius 3 is 2.24 bits per heavy atom. The number of carboxylic acids is 1. The molecule has 6 nitrogen and oxygen atoms in total. The zero-order valence-corrected chi connectivity index (χ0v) is 15.9. The Balaban J connectivity index is 2.44. The number of nitrogens with one attached hydrogen (secondary N) is 2. The van der Waals surface area contributed by atoms with Crippen LogP contribution in [-0.2, 0) is 14.4 Å². The lowest BCUT2D eigenvalue weighted by atomic mass is 10.0. The number of rotatable bonds is 9. The lowest BCUT2D eigenvalue weighted by molar-refractivity contribution is -0.142. The van der Waals surface area contributed by atoms with Gasteiger partial charge in [0, 0.05) is 5.69 Å². The molecular weight excluding hydrogens is 340 g/mol. The third kappa shape index (κ3) is 8.07. The molecule has 0 aromatic heterocycles. The monoisotopic (exact) mass is 366 g/mol. The van der Waals surface area contributed by atoms with Gasteiger partial charge in [0.2, 0.25) is 11.8 Å². The second-order valence-corrected chi connectivity index (χ2v) is 7.73. The zero-order valence-electron chi connectivity index (χ0n) is 15.0. The molecule has 3 N–H and O–H groups in total. The fraction of sp³-hybridized carbons (Fsp3) is 0.500. The van der Waals surface area contributed by atoms with Crippen molar-refractivity contribution in [1.29, 1.82) is 0 Å². The van der Waals surface area contributed by atoms with Crippen LogP contribution in [0.25, 0.3) is 0 Å². The lowest BCUT2D eigenvalue weighted by Gasteiger charge is -2.19. The maximum Gasteiger partial charge on any atom is 0.326 e. The minimum Gasteiger partial charge on any atom is -0.480 e. The van der Waals surface area contributed by atoms with E-state index in [-0.39, 0.29) is 23.5 Å². The van der Waals surface area contributed by atoms with E-state index in [0.29, 0.717) is 12.1 Å². The minimum atomic E-state index is -1.05. The summed E-state index contributed by atoms with van der Waals surface area (Å²) in [6, 6.07) is 6.53. The summed E-state index contributed by atoms with van der Waals surface area (Å²) in [6.07, 6.45) is 0.367. The van der Waals surface area contributed by atoms with Gasteiger partial charge in [-0.25, -0.2) is 4.79 Å². The van der Waals surface area contributed by atoms with Crippen molar-refractivity contribution in [3.8, 4) is 0 Å². The molecule has 0 heterocycles. The highest BCUT2D eigenvalue weighted by atomic mass is 32.2. The van der Waals surface area contributed by atoms with E-state index in [9.17, 15) is 14.4 Å². The average molecular weight is 366 g/mol. The maximum atomic E-state index is 12.1. The van der Waals surface area contributed by atoms with Crippen molar-refractivity contribution < 1.29 is 19.5 Å². The quantitative estimate of drug-likeness (QED) is 0.624. The molecule has 0 fully saturated rings. The summed E-state index contributed by atoms with van der Waals surface area (Å²) >= 11 is 1.17. The first-order valence-corrected chi connectivity index (χ1v) is 9.25. The molecule has 1 rings (SSSR count). The van der Waals surface area contributed by atoms with Gasteiger partial charge < -0.3 is 15.7 Å². The Morgan fingerprint density at radius 2 is 1.72 bits per heavy atom. The normalized spacial score (nSPS) is 13.2. The SMILES string of the molecule is Cc1ccc(NC(=O)CSC(C)C(=O)N[C@@H](CC(C)C)C(=O)O)cc1. The summed E-state index contributed by atoms with van der Waals surface area (Å²) < 4.78 is 0. The number of amides is 2. The van der Waals surface area contributed by atoms with E-state index in [1.54, 1.807) is 6.92 Å². The smallest absolute Gasteiger partial charge is 0.326 e. The molecule has 0 spiro atoms. The molecule has 2 atom stereocenters. The van der Waals surface area contributed by atoms with Crippen molar-refractivity contribution in [2.75, 3.05) is 11.1 Å². The summed E-state index contributed by atoms with van der Waals surface area (Å²) in [6.45, 7) is 7.42. The van der Waals surface area contributed by atoms with E-state index in [4.69, 9.17) is 5.11 Å². The highest BCUT2D eigenvalue weighted by Gasteiger charge is 2.24. The van der Waals surface area contributed by atoms with E-state index in [1.807, 2.05) is 45.0 Å². The summed E-state index contributed by atoms with van der Waals surface area (Å²) in [5.74, 6) is -1.35.